The molecule has 0 radical (unpaired) electrons. The first kappa shape index (κ1) is 13.8. The standard InChI is InChI=1S/C17H19NS/c1-3-14-8-10-15(11-9-14)17(19)18-12-16-7-5-4-6-13(16)2/h4-11H,3,12H2,1-2H3,(H,18,19). The molecule has 0 saturated carbocycles. The molecule has 0 heterocycles. The van der Waals surface area contributed by atoms with Gasteiger partial charge in [-0.25, -0.2) is 0 Å². The van der Waals surface area contributed by atoms with E-state index in [4.69, 9.17) is 12.2 Å². The van der Waals surface area contributed by atoms with Gasteiger partial charge in [-0.15, -0.1) is 0 Å². The van der Waals surface area contributed by atoms with Crippen LogP contribution in [0, 0.1) is 6.92 Å². The molecular formula is C17H19NS. The van der Waals surface area contributed by atoms with E-state index in [0.29, 0.717) is 0 Å². The molecule has 2 heteroatoms. The van der Waals surface area contributed by atoms with Crippen LogP contribution in [0.2, 0.25) is 0 Å². The maximum Gasteiger partial charge on any atom is 0.106 e. The maximum absolute atomic E-state index is 5.43. The molecule has 19 heavy (non-hydrogen) atoms. The van der Waals surface area contributed by atoms with Crippen LogP contribution in [-0.4, -0.2) is 4.99 Å². The van der Waals surface area contributed by atoms with Gasteiger partial charge in [0.2, 0.25) is 0 Å². The number of benzene rings is 2. The van der Waals surface area contributed by atoms with E-state index in [0.717, 1.165) is 23.5 Å². The molecule has 2 aromatic carbocycles. The Morgan fingerprint density at radius 3 is 2.37 bits per heavy atom. The Kier molecular flexibility index (Phi) is 4.69. The maximum atomic E-state index is 5.43. The largest absolute Gasteiger partial charge is 0.372 e. The average Bonchev–Trinajstić information content (AvgIpc) is 2.46. The van der Waals surface area contributed by atoms with E-state index in [2.05, 4.69) is 67.7 Å². The summed E-state index contributed by atoms with van der Waals surface area (Å²) in [6.45, 7) is 5.06. The van der Waals surface area contributed by atoms with Crippen molar-refractivity contribution in [2.75, 3.05) is 0 Å². The summed E-state index contributed by atoms with van der Waals surface area (Å²) >= 11 is 5.43. The summed E-state index contributed by atoms with van der Waals surface area (Å²) < 4.78 is 0. The van der Waals surface area contributed by atoms with Crippen LogP contribution in [0.15, 0.2) is 48.5 Å². The number of hydrogen-bond acceptors (Lipinski definition) is 1. The molecule has 0 fully saturated rings. The van der Waals surface area contributed by atoms with E-state index in [9.17, 15) is 0 Å². The SMILES string of the molecule is CCc1ccc(C(=S)NCc2ccccc2C)cc1. The zero-order valence-electron chi connectivity index (χ0n) is 11.4. The third-order valence-corrected chi connectivity index (χ3v) is 3.71. The van der Waals surface area contributed by atoms with E-state index < -0.39 is 0 Å². The minimum Gasteiger partial charge on any atom is -0.372 e. The molecule has 2 rings (SSSR count). The van der Waals surface area contributed by atoms with Gasteiger partial charge in [0.1, 0.15) is 4.99 Å². The van der Waals surface area contributed by atoms with Gasteiger partial charge in [0.25, 0.3) is 0 Å². The van der Waals surface area contributed by atoms with Crippen molar-refractivity contribution in [1.82, 2.24) is 5.32 Å². The minimum absolute atomic E-state index is 0.779. The lowest BCUT2D eigenvalue weighted by atomic mass is 10.1. The average molecular weight is 269 g/mol. The Hall–Kier alpha value is -1.67. The molecular weight excluding hydrogens is 250 g/mol. The topological polar surface area (TPSA) is 12.0 Å². The summed E-state index contributed by atoms with van der Waals surface area (Å²) in [6.07, 6.45) is 1.06. The first-order valence-electron chi connectivity index (χ1n) is 6.62. The van der Waals surface area contributed by atoms with Crippen LogP contribution in [0.4, 0.5) is 0 Å². The number of hydrogen-bond donors (Lipinski definition) is 1. The van der Waals surface area contributed by atoms with Gasteiger partial charge in [-0.3, -0.25) is 0 Å². The molecule has 1 N–H and O–H groups in total. The Bertz CT molecular complexity index is 558. The van der Waals surface area contributed by atoms with Crippen LogP contribution in [0.5, 0.6) is 0 Å². The summed E-state index contributed by atoms with van der Waals surface area (Å²) in [6, 6.07) is 16.8. The second-order valence-electron chi connectivity index (χ2n) is 4.66. The van der Waals surface area contributed by atoms with Crippen molar-refractivity contribution in [3.8, 4) is 0 Å². The van der Waals surface area contributed by atoms with Crippen molar-refractivity contribution in [3.63, 3.8) is 0 Å². The fraction of sp³-hybridized carbons (Fsp3) is 0.235. The van der Waals surface area contributed by atoms with E-state index in [-0.39, 0.29) is 0 Å². The molecule has 0 aliphatic carbocycles. The Morgan fingerprint density at radius 2 is 1.74 bits per heavy atom. The highest BCUT2D eigenvalue weighted by atomic mass is 32.1. The number of rotatable bonds is 4. The van der Waals surface area contributed by atoms with Crippen molar-refractivity contribution in [2.45, 2.75) is 26.8 Å². The quantitative estimate of drug-likeness (QED) is 0.841. The Morgan fingerprint density at radius 1 is 1.05 bits per heavy atom. The third-order valence-electron chi connectivity index (χ3n) is 3.33. The first-order valence-corrected chi connectivity index (χ1v) is 7.03. The zero-order chi connectivity index (χ0) is 13.7. The molecule has 0 saturated heterocycles. The van der Waals surface area contributed by atoms with Crippen LogP contribution >= 0.6 is 12.2 Å². The molecule has 0 aliphatic rings. The van der Waals surface area contributed by atoms with E-state index in [1.165, 1.54) is 16.7 Å². The highest BCUT2D eigenvalue weighted by Crippen LogP contribution is 2.09. The molecule has 0 amide bonds. The lowest BCUT2D eigenvalue weighted by molar-refractivity contribution is 0.918. The Labute approximate surface area is 120 Å². The molecule has 0 spiro atoms. The highest BCUT2D eigenvalue weighted by molar-refractivity contribution is 7.80. The predicted octanol–water partition coefficient (Wildman–Crippen LogP) is 4.02. The van der Waals surface area contributed by atoms with Crippen LogP contribution in [0.1, 0.15) is 29.2 Å². The number of aryl methyl sites for hydroxylation is 2. The zero-order valence-corrected chi connectivity index (χ0v) is 12.3. The van der Waals surface area contributed by atoms with Gasteiger partial charge < -0.3 is 5.32 Å². The summed E-state index contributed by atoms with van der Waals surface area (Å²) in [4.78, 5) is 0.811. The van der Waals surface area contributed by atoms with Crippen LogP contribution in [0.3, 0.4) is 0 Å². The van der Waals surface area contributed by atoms with Crippen molar-refractivity contribution in [2.24, 2.45) is 0 Å². The molecule has 0 aliphatic heterocycles. The molecule has 0 aromatic heterocycles. The first-order chi connectivity index (χ1) is 9.20. The minimum atomic E-state index is 0.779. The van der Waals surface area contributed by atoms with E-state index in [1.54, 1.807) is 0 Å². The van der Waals surface area contributed by atoms with E-state index in [1.807, 2.05) is 0 Å². The normalized spacial score (nSPS) is 10.2. The van der Waals surface area contributed by atoms with Gasteiger partial charge in [-0.05, 0) is 30.0 Å². The fourth-order valence-electron chi connectivity index (χ4n) is 1.98. The molecule has 0 bridgehead atoms. The van der Waals surface area contributed by atoms with Gasteiger partial charge in [0.05, 0.1) is 0 Å². The molecule has 0 unspecified atom stereocenters. The van der Waals surface area contributed by atoms with Crippen molar-refractivity contribution >= 4 is 17.2 Å². The van der Waals surface area contributed by atoms with Gasteiger partial charge in [-0.2, -0.15) is 0 Å². The molecule has 0 atom stereocenters. The van der Waals surface area contributed by atoms with Crippen molar-refractivity contribution in [3.05, 3.63) is 70.8 Å². The summed E-state index contributed by atoms with van der Waals surface area (Å²) in [5.74, 6) is 0. The van der Waals surface area contributed by atoms with Gasteiger partial charge in [0.15, 0.2) is 0 Å². The van der Waals surface area contributed by atoms with Gasteiger partial charge in [-0.1, -0.05) is 67.7 Å². The van der Waals surface area contributed by atoms with Crippen LogP contribution in [0.25, 0.3) is 0 Å². The van der Waals surface area contributed by atoms with Crippen LogP contribution < -0.4 is 5.32 Å². The van der Waals surface area contributed by atoms with Crippen molar-refractivity contribution < 1.29 is 0 Å². The fourth-order valence-corrected chi connectivity index (χ4v) is 2.19. The monoisotopic (exact) mass is 269 g/mol. The van der Waals surface area contributed by atoms with Crippen LogP contribution in [-0.2, 0) is 13.0 Å². The second kappa shape index (κ2) is 6.48. The number of nitrogens with one attached hydrogen (secondary N) is 1. The lowest BCUT2D eigenvalue weighted by Gasteiger charge is -2.10. The summed E-state index contributed by atoms with van der Waals surface area (Å²) in [5, 5.41) is 3.32. The van der Waals surface area contributed by atoms with Crippen molar-refractivity contribution in [1.29, 1.82) is 0 Å². The molecule has 98 valence electrons. The second-order valence-corrected chi connectivity index (χ2v) is 5.07. The lowest BCUT2D eigenvalue weighted by Crippen LogP contribution is -2.22. The smallest absolute Gasteiger partial charge is 0.106 e. The highest BCUT2D eigenvalue weighted by Gasteiger charge is 2.02. The summed E-state index contributed by atoms with van der Waals surface area (Å²) in [7, 11) is 0. The van der Waals surface area contributed by atoms with E-state index >= 15 is 0 Å². The van der Waals surface area contributed by atoms with Gasteiger partial charge in [0, 0.05) is 12.1 Å². The molecule has 2 aromatic rings. The number of thiocarbonyl (C=S) groups is 1. The van der Waals surface area contributed by atoms with Gasteiger partial charge >= 0.3 is 0 Å². The molecule has 1 nitrogen and oxygen atoms in total. The summed E-state index contributed by atoms with van der Waals surface area (Å²) in [5.41, 5.74) is 5.00. The predicted molar refractivity (Wildman–Crippen MR) is 85.5 cm³/mol. The Balaban J connectivity index is 1.99. The third kappa shape index (κ3) is 3.65.